The fourth-order valence-electron chi connectivity index (χ4n) is 5.24. The minimum Gasteiger partial charge on any atom is -0.381 e. The van der Waals surface area contributed by atoms with E-state index in [-0.39, 0.29) is 5.41 Å². The molecular weight excluding hydrogens is 312 g/mol. The molecule has 25 heavy (non-hydrogen) atoms. The van der Waals surface area contributed by atoms with Crippen molar-refractivity contribution in [2.24, 2.45) is 0 Å². The van der Waals surface area contributed by atoms with Crippen LogP contribution in [0, 0.1) is 0 Å². The molecular formula is C21H30N2O2. The Bertz CT molecular complexity index is 597. The minimum atomic E-state index is -0.390. The summed E-state index contributed by atoms with van der Waals surface area (Å²) in [5.74, 6) is 0.352. The molecule has 136 valence electrons. The summed E-state index contributed by atoms with van der Waals surface area (Å²) >= 11 is 0. The van der Waals surface area contributed by atoms with E-state index in [0.717, 1.165) is 32.2 Å². The number of amides is 1. The summed E-state index contributed by atoms with van der Waals surface area (Å²) in [4.78, 5) is 18.6. The predicted molar refractivity (Wildman–Crippen MR) is 98.6 cm³/mol. The topological polar surface area (TPSA) is 32.8 Å². The Morgan fingerprint density at radius 1 is 1.04 bits per heavy atom. The van der Waals surface area contributed by atoms with Gasteiger partial charge in [0, 0.05) is 31.8 Å². The van der Waals surface area contributed by atoms with Gasteiger partial charge in [-0.25, -0.2) is 0 Å². The van der Waals surface area contributed by atoms with Crippen LogP contribution in [0.25, 0.3) is 0 Å². The molecule has 0 radical (unpaired) electrons. The molecule has 3 saturated heterocycles. The summed E-state index contributed by atoms with van der Waals surface area (Å²) in [6.45, 7) is 3.45. The molecule has 1 aromatic rings. The van der Waals surface area contributed by atoms with Crippen LogP contribution in [0.1, 0.15) is 44.1 Å². The lowest BCUT2D eigenvalue weighted by atomic mass is 9.72. The van der Waals surface area contributed by atoms with Crippen LogP contribution in [-0.2, 0) is 14.9 Å². The number of benzene rings is 1. The molecule has 2 atom stereocenters. The van der Waals surface area contributed by atoms with Gasteiger partial charge in [0.05, 0.1) is 5.41 Å². The number of hydrogen-bond acceptors (Lipinski definition) is 3. The lowest BCUT2D eigenvalue weighted by Crippen LogP contribution is -2.55. The highest BCUT2D eigenvalue weighted by Gasteiger charge is 2.48. The summed E-state index contributed by atoms with van der Waals surface area (Å²) in [7, 11) is 2.22. The van der Waals surface area contributed by atoms with Crippen LogP contribution in [0.2, 0.25) is 0 Å². The van der Waals surface area contributed by atoms with Crippen molar-refractivity contribution in [2.45, 2.75) is 56.0 Å². The number of carbonyl (C=O) groups is 1. The van der Waals surface area contributed by atoms with Gasteiger partial charge in [0.25, 0.3) is 0 Å². The van der Waals surface area contributed by atoms with Gasteiger partial charge in [-0.3, -0.25) is 4.79 Å². The maximum absolute atomic E-state index is 13.8. The van der Waals surface area contributed by atoms with Crippen LogP contribution in [0.15, 0.2) is 30.3 Å². The van der Waals surface area contributed by atoms with E-state index < -0.39 is 0 Å². The SMILES string of the molecule is CN1CCC[C@@H]1[C@H]1CCCN1C(=O)C1(c2ccccc2)CCOCC1. The first kappa shape index (κ1) is 17.0. The van der Waals surface area contributed by atoms with E-state index in [0.29, 0.717) is 31.2 Å². The maximum atomic E-state index is 13.8. The fourth-order valence-corrected chi connectivity index (χ4v) is 5.24. The number of carbonyl (C=O) groups excluding carboxylic acids is 1. The average Bonchev–Trinajstić information content (AvgIpc) is 3.31. The van der Waals surface area contributed by atoms with Gasteiger partial charge < -0.3 is 14.5 Å². The number of nitrogens with zero attached hydrogens (tertiary/aromatic N) is 2. The zero-order valence-electron chi connectivity index (χ0n) is 15.3. The van der Waals surface area contributed by atoms with E-state index in [1.165, 1.54) is 24.9 Å². The third kappa shape index (κ3) is 3.00. The van der Waals surface area contributed by atoms with Crippen LogP contribution in [-0.4, -0.2) is 61.1 Å². The quantitative estimate of drug-likeness (QED) is 0.847. The van der Waals surface area contributed by atoms with Crippen molar-refractivity contribution in [1.82, 2.24) is 9.80 Å². The normalized spacial score (nSPS) is 29.9. The highest BCUT2D eigenvalue weighted by molar-refractivity contribution is 5.89. The molecule has 0 saturated carbocycles. The first-order chi connectivity index (χ1) is 12.2. The third-order valence-electron chi connectivity index (χ3n) is 6.66. The molecule has 0 unspecified atom stereocenters. The van der Waals surface area contributed by atoms with Crippen molar-refractivity contribution in [3.8, 4) is 0 Å². The predicted octanol–water partition coefficient (Wildman–Crippen LogP) is 2.82. The van der Waals surface area contributed by atoms with Crippen molar-refractivity contribution in [1.29, 1.82) is 0 Å². The number of rotatable bonds is 3. The summed E-state index contributed by atoms with van der Waals surface area (Å²) in [5, 5.41) is 0. The van der Waals surface area contributed by atoms with Gasteiger partial charge >= 0.3 is 0 Å². The molecule has 0 bridgehead atoms. The van der Waals surface area contributed by atoms with Gasteiger partial charge in [-0.1, -0.05) is 30.3 Å². The summed E-state index contributed by atoms with van der Waals surface area (Å²) in [6, 6.07) is 11.4. The van der Waals surface area contributed by atoms with E-state index in [1.54, 1.807) is 0 Å². The highest BCUT2D eigenvalue weighted by Crippen LogP contribution is 2.40. The molecule has 3 fully saturated rings. The average molecular weight is 342 g/mol. The standard InChI is InChI=1S/C21H30N2O2/c1-22-13-5-9-18(22)19-10-6-14-23(19)20(24)21(11-15-25-16-12-21)17-7-3-2-4-8-17/h2-4,7-8,18-19H,5-6,9-16H2,1H3/t18-,19-/m1/s1. The summed E-state index contributed by atoms with van der Waals surface area (Å²) in [6.07, 6.45) is 6.40. The molecule has 0 aromatic heterocycles. The molecule has 4 heteroatoms. The smallest absolute Gasteiger partial charge is 0.233 e. The Kier molecular flexibility index (Phi) is 4.83. The van der Waals surface area contributed by atoms with E-state index >= 15 is 0 Å². The van der Waals surface area contributed by atoms with Gasteiger partial charge in [-0.05, 0) is 57.7 Å². The molecule has 0 aliphatic carbocycles. The van der Waals surface area contributed by atoms with Gasteiger partial charge in [0.2, 0.25) is 5.91 Å². The third-order valence-corrected chi connectivity index (χ3v) is 6.66. The second kappa shape index (κ2) is 7.08. The molecule has 0 N–H and O–H groups in total. The molecule has 4 nitrogen and oxygen atoms in total. The lowest BCUT2D eigenvalue weighted by Gasteiger charge is -2.42. The van der Waals surface area contributed by atoms with Crippen LogP contribution in [0.4, 0.5) is 0 Å². The summed E-state index contributed by atoms with van der Waals surface area (Å²) < 4.78 is 5.62. The second-order valence-corrected chi connectivity index (χ2v) is 7.96. The van der Waals surface area contributed by atoms with Crippen molar-refractivity contribution in [2.75, 3.05) is 33.4 Å². The molecule has 3 aliphatic heterocycles. The summed E-state index contributed by atoms with van der Waals surface area (Å²) in [5.41, 5.74) is 0.785. The molecule has 3 heterocycles. The number of hydrogen-bond donors (Lipinski definition) is 0. The lowest BCUT2D eigenvalue weighted by molar-refractivity contribution is -0.143. The molecule has 3 aliphatic rings. The number of likely N-dealkylation sites (tertiary alicyclic amines) is 2. The number of likely N-dealkylation sites (N-methyl/N-ethyl adjacent to an activating group) is 1. The van der Waals surface area contributed by atoms with Gasteiger partial charge in [-0.2, -0.15) is 0 Å². The van der Waals surface area contributed by atoms with Crippen LogP contribution >= 0.6 is 0 Å². The minimum absolute atomic E-state index is 0.352. The van der Waals surface area contributed by atoms with Gasteiger partial charge in [0.1, 0.15) is 0 Å². The second-order valence-electron chi connectivity index (χ2n) is 7.96. The van der Waals surface area contributed by atoms with E-state index in [1.807, 2.05) is 6.07 Å². The first-order valence-corrected chi connectivity index (χ1v) is 9.87. The molecule has 0 spiro atoms. The maximum Gasteiger partial charge on any atom is 0.233 e. The van der Waals surface area contributed by atoms with Crippen molar-refractivity contribution in [3.05, 3.63) is 35.9 Å². The first-order valence-electron chi connectivity index (χ1n) is 9.87. The fraction of sp³-hybridized carbons (Fsp3) is 0.667. The Hall–Kier alpha value is -1.39. The van der Waals surface area contributed by atoms with Gasteiger partial charge in [-0.15, -0.1) is 0 Å². The largest absolute Gasteiger partial charge is 0.381 e. The van der Waals surface area contributed by atoms with Crippen LogP contribution in [0.3, 0.4) is 0 Å². The zero-order chi connectivity index (χ0) is 17.3. The van der Waals surface area contributed by atoms with Gasteiger partial charge in [0.15, 0.2) is 0 Å². The van der Waals surface area contributed by atoms with Crippen molar-refractivity contribution < 1.29 is 9.53 Å². The highest BCUT2D eigenvalue weighted by atomic mass is 16.5. The molecule has 4 rings (SSSR count). The van der Waals surface area contributed by atoms with E-state index in [4.69, 9.17) is 4.74 Å². The Morgan fingerprint density at radius 3 is 2.40 bits per heavy atom. The van der Waals surface area contributed by atoms with E-state index in [2.05, 4.69) is 41.1 Å². The molecule has 1 amide bonds. The monoisotopic (exact) mass is 342 g/mol. The van der Waals surface area contributed by atoms with E-state index in [9.17, 15) is 4.79 Å². The van der Waals surface area contributed by atoms with Crippen LogP contribution < -0.4 is 0 Å². The van der Waals surface area contributed by atoms with Crippen LogP contribution in [0.5, 0.6) is 0 Å². The molecule has 1 aromatic carbocycles. The Morgan fingerprint density at radius 2 is 1.72 bits per heavy atom. The number of ether oxygens (including phenoxy) is 1. The Balaban J connectivity index is 1.64. The van der Waals surface area contributed by atoms with Crippen molar-refractivity contribution >= 4 is 5.91 Å². The van der Waals surface area contributed by atoms with Crippen molar-refractivity contribution in [3.63, 3.8) is 0 Å². The Labute approximate surface area is 151 Å². The zero-order valence-corrected chi connectivity index (χ0v) is 15.3.